The summed E-state index contributed by atoms with van der Waals surface area (Å²) >= 11 is 0. The molecule has 4 rings (SSSR count). The third-order valence-corrected chi connectivity index (χ3v) is 5.81. The Bertz CT molecular complexity index is 1220. The fourth-order valence-electron chi connectivity index (χ4n) is 4.11. The van der Waals surface area contributed by atoms with Gasteiger partial charge in [-0.15, -0.1) is 0 Å². The lowest BCUT2D eigenvalue weighted by Gasteiger charge is -2.14. The summed E-state index contributed by atoms with van der Waals surface area (Å²) < 4.78 is 5.10. The van der Waals surface area contributed by atoms with Crippen LogP contribution in [0.5, 0.6) is 0 Å². The first-order valence-corrected chi connectivity index (χ1v) is 12.0. The van der Waals surface area contributed by atoms with Gasteiger partial charge >= 0.3 is 5.97 Å². The van der Waals surface area contributed by atoms with Crippen LogP contribution in [0.2, 0.25) is 0 Å². The molecule has 1 heterocycles. The summed E-state index contributed by atoms with van der Waals surface area (Å²) in [5.74, 6) is -0.566. The van der Waals surface area contributed by atoms with Crippen molar-refractivity contribution >= 4 is 29.0 Å². The molecular formula is C29H31N3O3. The maximum atomic E-state index is 13.2. The van der Waals surface area contributed by atoms with E-state index in [1.807, 2.05) is 48.5 Å². The average Bonchev–Trinajstić information content (AvgIpc) is 3.18. The maximum absolute atomic E-state index is 13.2. The number of carbonyl (C=O) groups is 2. The molecule has 0 aromatic heterocycles. The van der Waals surface area contributed by atoms with Gasteiger partial charge in [-0.1, -0.05) is 62.4 Å². The summed E-state index contributed by atoms with van der Waals surface area (Å²) in [4.78, 5) is 30.3. The van der Waals surface area contributed by atoms with E-state index in [1.54, 1.807) is 19.1 Å². The van der Waals surface area contributed by atoms with Gasteiger partial charge in [-0.3, -0.25) is 9.79 Å². The van der Waals surface area contributed by atoms with E-state index in [1.165, 1.54) is 5.56 Å². The lowest BCUT2D eigenvalue weighted by Crippen LogP contribution is -2.22. The smallest absolute Gasteiger partial charge is 0.338 e. The number of esters is 1. The highest BCUT2D eigenvalue weighted by Crippen LogP contribution is 2.37. The van der Waals surface area contributed by atoms with Crippen molar-refractivity contribution in [2.75, 3.05) is 18.5 Å². The average molecular weight is 470 g/mol. The van der Waals surface area contributed by atoms with E-state index in [9.17, 15) is 9.59 Å². The molecule has 1 aliphatic heterocycles. The van der Waals surface area contributed by atoms with E-state index < -0.39 is 11.9 Å². The van der Waals surface area contributed by atoms with Gasteiger partial charge in [-0.25, -0.2) is 4.79 Å². The van der Waals surface area contributed by atoms with Crippen molar-refractivity contribution in [3.8, 4) is 0 Å². The standard InChI is InChI=1S/C29H31N3O3/c1-4-35-29(34)22-12-15-24-25(16-22)32-28(33)26(24)27(21-8-6-5-7-9-21)31-23-13-10-20(11-14-23)18-30-17-19(2)3/h5-16,19,26,30H,4,17-18H2,1-3H3,(H,32,33). The molecule has 1 amide bonds. The van der Waals surface area contributed by atoms with Crippen molar-refractivity contribution in [2.45, 2.75) is 33.2 Å². The van der Waals surface area contributed by atoms with Crippen LogP contribution in [0.4, 0.5) is 11.4 Å². The molecule has 6 heteroatoms. The van der Waals surface area contributed by atoms with Gasteiger partial charge in [0.15, 0.2) is 0 Å². The molecule has 0 spiro atoms. The lowest BCUT2D eigenvalue weighted by molar-refractivity contribution is -0.115. The maximum Gasteiger partial charge on any atom is 0.338 e. The van der Waals surface area contributed by atoms with Crippen molar-refractivity contribution in [3.63, 3.8) is 0 Å². The number of fused-ring (bicyclic) bond motifs is 1. The Morgan fingerprint density at radius 1 is 1.03 bits per heavy atom. The predicted molar refractivity (Wildman–Crippen MR) is 139 cm³/mol. The van der Waals surface area contributed by atoms with Crippen LogP contribution in [0.15, 0.2) is 77.8 Å². The minimum absolute atomic E-state index is 0.168. The zero-order valence-electron chi connectivity index (χ0n) is 20.4. The molecule has 0 aliphatic carbocycles. The molecule has 0 saturated heterocycles. The molecule has 2 N–H and O–H groups in total. The number of carbonyl (C=O) groups excluding carboxylic acids is 2. The Morgan fingerprint density at radius 3 is 2.46 bits per heavy atom. The molecule has 3 aromatic rings. The summed E-state index contributed by atoms with van der Waals surface area (Å²) in [6.07, 6.45) is 0. The van der Waals surface area contributed by atoms with E-state index in [0.29, 0.717) is 29.5 Å². The summed E-state index contributed by atoms with van der Waals surface area (Å²) in [5, 5.41) is 6.37. The van der Waals surface area contributed by atoms with Crippen molar-refractivity contribution in [1.29, 1.82) is 0 Å². The van der Waals surface area contributed by atoms with Gasteiger partial charge in [-0.05, 0) is 60.3 Å². The van der Waals surface area contributed by atoms with Crippen LogP contribution in [-0.4, -0.2) is 30.7 Å². The van der Waals surface area contributed by atoms with Crippen LogP contribution < -0.4 is 10.6 Å². The zero-order valence-corrected chi connectivity index (χ0v) is 20.4. The highest BCUT2D eigenvalue weighted by molar-refractivity contribution is 6.24. The Kier molecular flexibility index (Phi) is 7.73. The van der Waals surface area contributed by atoms with E-state index >= 15 is 0 Å². The number of nitrogens with one attached hydrogen (secondary N) is 2. The summed E-state index contributed by atoms with van der Waals surface area (Å²) in [7, 11) is 0. The number of anilines is 1. The molecule has 0 radical (unpaired) electrons. The fourth-order valence-corrected chi connectivity index (χ4v) is 4.11. The summed E-state index contributed by atoms with van der Waals surface area (Å²) in [6.45, 7) is 8.19. The van der Waals surface area contributed by atoms with Gasteiger partial charge in [-0.2, -0.15) is 0 Å². The minimum Gasteiger partial charge on any atom is -0.462 e. The second-order valence-electron chi connectivity index (χ2n) is 9.00. The first-order valence-electron chi connectivity index (χ1n) is 12.0. The van der Waals surface area contributed by atoms with Gasteiger partial charge in [0.05, 0.1) is 23.6 Å². The summed E-state index contributed by atoms with van der Waals surface area (Å²) in [5.41, 5.74) is 5.31. The van der Waals surface area contributed by atoms with Crippen molar-refractivity contribution in [3.05, 3.63) is 95.1 Å². The van der Waals surface area contributed by atoms with E-state index in [2.05, 4.69) is 36.6 Å². The van der Waals surface area contributed by atoms with Gasteiger partial charge in [0.25, 0.3) is 0 Å². The van der Waals surface area contributed by atoms with Crippen molar-refractivity contribution in [2.24, 2.45) is 10.9 Å². The minimum atomic E-state index is -0.587. The molecule has 1 atom stereocenters. The Labute approximate surface area is 206 Å². The first-order chi connectivity index (χ1) is 17.0. The number of hydrogen-bond donors (Lipinski definition) is 2. The van der Waals surface area contributed by atoms with Crippen LogP contribution in [0.3, 0.4) is 0 Å². The normalized spacial score (nSPS) is 15.1. The summed E-state index contributed by atoms with van der Waals surface area (Å²) in [6, 6.07) is 23.0. The number of amides is 1. The van der Waals surface area contributed by atoms with Gasteiger partial charge in [0.1, 0.15) is 5.92 Å². The number of rotatable bonds is 9. The molecule has 0 bridgehead atoms. The molecular weight excluding hydrogens is 438 g/mol. The SMILES string of the molecule is CCOC(=O)c1ccc2c(c1)NC(=O)C2C(=Nc1ccc(CNCC(C)C)cc1)c1ccccc1. The molecule has 1 aliphatic rings. The molecule has 0 fully saturated rings. The third-order valence-electron chi connectivity index (χ3n) is 5.81. The number of hydrogen-bond acceptors (Lipinski definition) is 5. The topological polar surface area (TPSA) is 79.8 Å². The quantitative estimate of drug-likeness (QED) is 0.322. The van der Waals surface area contributed by atoms with Crippen LogP contribution >= 0.6 is 0 Å². The highest BCUT2D eigenvalue weighted by Gasteiger charge is 2.36. The third kappa shape index (κ3) is 5.84. The lowest BCUT2D eigenvalue weighted by atomic mass is 9.90. The van der Waals surface area contributed by atoms with Crippen LogP contribution in [-0.2, 0) is 16.1 Å². The largest absolute Gasteiger partial charge is 0.462 e. The zero-order chi connectivity index (χ0) is 24.8. The number of aliphatic imine (C=N–C) groups is 1. The molecule has 6 nitrogen and oxygen atoms in total. The first kappa shape index (κ1) is 24.4. The van der Waals surface area contributed by atoms with E-state index in [4.69, 9.17) is 9.73 Å². The molecule has 1 unspecified atom stereocenters. The Morgan fingerprint density at radius 2 is 1.77 bits per heavy atom. The van der Waals surface area contributed by atoms with Gasteiger partial charge in [0, 0.05) is 12.2 Å². The monoisotopic (exact) mass is 469 g/mol. The van der Waals surface area contributed by atoms with E-state index in [0.717, 1.165) is 29.9 Å². The Balaban J connectivity index is 1.67. The predicted octanol–water partition coefficient (Wildman–Crippen LogP) is 5.47. The Hall–Kier alpha value is -3.77. The number of nitrogens with zero attached hydrogens (tertiary/aromatic N) is 1. The number of benzene rings is 3. The molecule has 180 valence electrons. The van der Waals surface area contributed by atoms with Crippen molar-refractivity contribution < 1.29 is 14.3 Å². The van der Waals surface area contributed by atoms with E-state index in [-0.39, 0.29) is 5.91 Å². The molecule has 3 aromatic carbocycles. The van der Waals surface area contributed by atoms with Gasteiger partial charge < -0.3 is 15.4 Å². The van der Waals surface area contributed by atoms with Crippen LogP contribution in [0.25, 0.3) is 0 Å². The molecule has 0 saturated carbocycles. The van der Waals surface area contributed by atoms with Crippen LogP contribution in [0, 0.1) is 5.92 Å². The van der Waals surface area contributed by atoms with Gasteiger partial charge in [0.2, 0.25) is 5.91 Å². The fraction of sp³-hybridized carbons (Fsp3) is 0.276. The van der Waals surface area contributed by atoms with Crippen LogP contribution in [0.1, 0.15) is 53.7 Å². The second kappa shape index (κ2) is 11.1. The highest BCUT2D eigenvalue weighted by atomic mass is 16.5. The molecule has 35 heavy (non-hydrogen) atoms. The number of ether oxygens (including phenoxy) is 1. The second-order valence-corrected chi connectivity index (χ2v) is 9.00. The van der Waals surface area contributed by atoms with Crippen molar-refractivity contribution in [1.82, 2.24) is 5.32 Å².